The number of ether oxygens (including phenoxy) is 1. The molecule has 0 spiro atoms. The van der Waals surface area contributed by atoms with E-state index in [1.165, 1.54) is 5.56 Å². The Kier molecular flexibility index (Phi) is 4.75. The zero-order chi connectivity index (χ0) is 14.4. The maximum Gasteiger partial charge on any atom is 0.120 e. The normalized spacial score (nSPS) is 11.7. The van der Waals surface area contributed by atoms with Crippen molar-refractivity contribution in [1.29, 1.82) is 5.26 Å². The summed E-state index contributed by atoms with van der Waals surface area (Å²) in [4.78, 5) is 0. The van der Waals surface area contributed by atoms with Gasteiger partial charge >= 0.3 is 0 Å². The van der Waals surface area contributed by atoms with Crippen LogP contribution in [0.25, 0.3) is 0 Å². The van der Waals surface area contributed by atoms with Gasteiger partial charge in [0.25, 0.3) is 0 Å². The quantitative estimate of drug-likeness (QED) is 0.902. The Hall–Kier alpha value is -2.31. The number of rotatable bonds is 5. The van der Waals surface area contributed by atoms with Gasteiger partial charge in [0.05, 0.1) is 11.6 Å². The summed E-state index contributed by atoms with van der Waals surface area (Å²) in [6.07, 6.45) is 0. The summed E-state index contributed by atoms with van der Waals surface area (Å²) >= 11 is 0. The summed E-state index contributed by atoms with van der Waals surface area (Å²) < 4.78 is 5.79. The molecule has 1 N–H and O–H groups in total. The number of nitriles is 1. The van der Waals surface area contributed by atoms with Crippen molar-refractivity contribution in [3.63, 3.8) is 0 Å². The van der Waals surface area contributed by atoms with E-state index in [0.29, 0.717) is 12.2 Å². The molecule has 1 unspecified atom stereocenters. The molecule has 2 aromatic rings. The molecular formula is C17H18N2O. The van der Waals surface area contributed by atoms with Gasteiger partial charge in [-0.1, -0.05) is 30.3 Å². The lowest BCUT2D eigenvalue weighted by Gasteiger charge is -2.13. The molecule has 0 aliphatic carbocycles. The number of hydrogen-bond acceptors (Lipinski definition) is 3. The first-order valence-corrected chi connectivity index (χ1v) is 6.62. The Morgan fingerprint density at radius 3 is 2.75 bits per heavy atom. The van der Waals surface area contributed by atoms with E-state index >= 15 is 0 Å². The van der Waals surface area contributed by atoms with E-state index < -0.39 is 0 Å². The second-order valence-corrected chi connectivity index (χ2v) is 4.64. The molecule has 0 radical (unpaired) electrons. The largest absolute Gasteiger partial charge is 0.489 e. The third-order valence-corrected chi connectivity index (χ3v) is 3.32. The molecule has 102 valence electrons. The third kappa shape index (κ3) is 3.37. The number of nitrogens with one attached hydrogen (secondary N) is 1. The van der Waals surface area contributed by atoms with Gasteiger partial charge in [0.1, 0.15) is 12.4 Å². The monoisotopic (exact) mass is 266 g/mol. The lowest BCUT2D eigenvalue weighted by Crippen LogP contribution is -2.12. The lowest BCUT2D eigenvalue weighted by molar-refractivity contribution is 0.305. The van der Waals surface area contributed by atoms with Crippen molar-refractivity contribution in [2.75, 3.05) is 7.05 Å². The fourth-order valence-electron chi connectivity index (χ4n) is 1.96. The molecule has 0 bridgehead atoms. The van der Waals surface area contributed by atoms with Crippen molar-refractivity contribution in [3.05, 3.63) is 65.2 Å². The molecule has 3 nitrogen and oxygen atoms in total. The molecule has 0 saturated carbocycles. The summed E-state index contributed by atoms with van der Waals surface area (Å²) in [5.41, 5.74) is 2.74. The first kappa shape index (κ1) is 14.1. The maximum absolute atomic E-state index is 9.05. The first-order valence-electron chi connectivity index (χ1n) is 6.62. The van der Waals surface area contributed by atoms with Crippen molar-refractivity contribution >= 4 is 0 Å². The second-order valence-electron chi connectivity index (χ2n) is 4.64. The highest BCUT2D eigenvalue weighted by Gasteiger charge is 2.05. The van der Waals surface area contributed by atoms with Gasteiger partial charge in [-0.05, 0) is 37.7 Å². The minimum Gasteiger partial charge on any atom is -0.489 e. The van der Waals surface area contributed by atoms with Crippen molar-refractivity contribution in [2.24, 2.45) is 0 Å². The van der Waals surface area contributed by atoms with Crippen LogP contribution in [-0.2, 0) is 6.61 Å². The molecule has 2 aromatic carbocycles. The number of hydrogen-bond donors (Lipinski definition) is 1. The highest BCUT2D eigenvalue weighted by molar-refractivity contribution is 5.37. The molecule has 0 fully saturated rings. The SMILES string of the molecule is CNC(C)c1cccc(OCc2ccccc2C#N)c1. The predicted molar refractivity (Wildman–Crippen MR) is 79.4 cm³/mol. The van der Waals surface area contributed by atoms with Crippen molar-refractivity contribution in [3.8, 4) is 11.8 Å². The second kappa shape index (κ2) is 6.74. The van der Waals surface area contributed by atoms with E-state index in [9.17, 15) is 0 Å². The zero-order valence-electron chi connectivity index (χ0n) is 11.8. The smallest absolute Gasteiger partial charge is 0.120 e. The fourth-order valence-corrected chi connectivity index (χ4v) is 1.96. The van der Waals surface area contributed by atoms with Gasteiger partial charge in [0, 0.05) is 11.6 Å². The van der Waals surface area contributed by atoms with Crippen molar-refractivity contribution < 1.29 is 4.74 Å². The average Bonchev–Trinajstić information content (AvgIpc) is 2.52. The van der Waals surface area contributed by atoms with Crippen LogP contribution < -0.4 is 10.1 Å². The van der Waals surface area contributed by atoms with Crippen molar-refractivity contribution in [2.45, 2.75) is 19.6 Å². The molecule has 0 heterocycles. The van der Waals surface area contributed by atoms with Gasteiger partial charge < -0.3 is 10.1 Å². The molecule has 2 rings (SSSR count). The molecule has 1 atom stereocenters. The molecule has 0 aromatic heterocycles. The highest BCUT2D eigenvalue weighted by atomic mass is 16.5. The molecule has 0 aliphatic rings. The Morgan fingerprint density at radius 2 is 2.00 bits per heavy atom. The topological polar surface area (TPSA) is 45.0 Å². The van der Waals surface area contributed by atoms with Gasteiger partial charge in [-0.25, -0.2) is 0 Å². The van der Waals surface area contributed by atoms with Crippen LogP contribution in [0.4, 0.5) is 0 Å². The molecule has 20 heavy (non-hydrogen) atoms. The van der Waals surface area contributed by atoms with Gasteiger partial charge in [-0.15, -0.1) is 0 Å². The van der Waals surface area contributed by atoms with Gasteiger partial charge in [0.15, 0.2) is 0 Å². The summed E-state index contributed by atoms with van der Waals surface area (Å²) in [5.74, 6) is 0.817. The van der Waals surface area contributed by atoms with E-state index in [4.69, 9.17) is 10.00 Å². The van der Waals surface area contributed by atoms with Crippen LogP contribution in [0.5, 0.6) is 5.75 Å². The van der Waals surface area contributed by atoms with Crippen LogP contribution in [0, 0.1) is 11.3 Å². The Morgan fingerprint density at radius 1 is 1.20 bits per heavy atom. The predicted octanol–water partition coefficient (Wildman–Crippen LogP) is 3.42. The van der Waals surface area contributed by atoms with Crippen LogP contribution in [-0.4, -0.2) is 7.05 Å². The Balaban J connectivity index is 2.10. The summed E-state index contributed by atoms with van der Waals surface area (Å²) in [5, 5.41) is 12.3. The van der Waals surface area contributed by atoms with Crippen molar-refractivity contribution in [1.82, 2.24) is 5.32 Å². The van der Waals surface area contributed by atoms with Gasteiger partial charge in [0.2, 0.25) is 0 Å². The van der Waals surface area contributed by atoms with E-state index in [1.54, 1.807) is 6.07 Å². The maximum atomic E-state index is 9.05. The van der Waals surface area contributed by atoms with Crippen LogP contribution in [0.15, 0.2) is 48.5 Å². The Labute approximate surface area is 119 Å². The van der Waals surface area contributed by atoms with Crippen LogP contribution in [0.1, 0.15) is 29.7 Å². The highest BCUT2D eigenvalue weighted by Crippen LogP contribution is 2.20. The molecule has 0 aliphatic heterocycles. The average molecular weight is 266 g/mol. The molecule has 3 heteroatoms. The minimum absolute atomic E-state index is 0.282. The number of nitrogens with zero attached hydrogens (tertiary/aromatic N) is 1. The summed E-state index contributed by atoms with van der Waals surface area (Å²) in [6, 6.07) is 18.0. The molecule has 0 saturated heterocycles. The van der Waals surface area contributed by atoms with E-state index in [0.717, 1.165) is 11.3 Å². The minimum atomic E-state index is 0.282. The standard InChI is InChI=1S/C17H18N2O/c1-13(19-2)14-8-5-9-17(10-14)20-12-16-7-4-3-6-15(16)11-18/h3-10,13,19H,12H2,1-2H3. The van der Waals surface area contributed by atoms with E-state index in [1.807, 2.05) is 43.4 Å². The zero-order valence-corrected chi connectivity index (χ0v) is 11.8. The van der Waals surface area contributed by atoms with Crippen LogP contribution in [0.2, 0.25) is 0 Å². The summed E-state index contributed by atoms with van der Waals surface area (Å²) in [6.45, 7) is 2.51. The third-order valence-electron chi connectivity index (χ3n) is 3.32. The van der Waals surface area contributed by atoms with E-state index in [-0.39, 0.29) is 6.04 Å². The van der Waals surface area contributed by atoms with E-state index in [2.05, 4.69) is 24.4 Å². The van der Waals surface area contributed by atoms with Crippen LogP contribution >= 0.6 is 0 Å². The lowest BCUT2D eigenvalue weighted by atomic mass is 10.1. The fraction of sp³-hybridized carbons (Fsp3) is 0.235. The first-order chi connectivity index (χ1) is 9.74. The summed E-state index contributed by atoms with van der Waals surface area (Å²) in [7, 11) is 1.93. The van der Waals surface area contributed by atoms with Crippen LogP contribution in [0.3, 0.4) is 0 Å². The van der Waals surface area contributed by atoms with Gasteiger partial charge in [-0.2, -0.15) is 5.26 Å². The Bertz CT molecular complexity index is 616. The van der Waals surface area contributed by atoms with Gasteiger partial charge in [-0.3, -0.25) is 0 Å². The molecule has 0 amide bonds. The molecular weight excluding hydrogens is 248 g/mol. The number of benzene rings is 2.